The lowest BCUT2D eigenvalue weighted by atomic mass is 9.96. The van der Waals surface area contributed by atoms with Crippen molar-refractivity contribution in [1.82, 2.24) is 19.4 Å². The molecule has 0 spiro atoms. The van der Waals surface area contributed by atoms with Crippen molar-refractivity contribution in [3.05, 3.63) is 58.8 Å². The largest absolute Gasteiger partial charge is 0.345 e. The van der Waals surface area contributed by atoms with Crippen LogP contribution in [-0.2, 0) is 11.3 Å². The molecule has 0 bridgehead atoms. The van der Waals surface area contributed by atoms with E-state index >= 15 is 0 Å². The van der Waals surface area contributed by atoms with Gasteiger partial charge in [0.25, 0.3) is 0 Å². The van der Waals surface area contributed by atoms with Gasteiger partial charge in [-0.1, -0.05) is 41.4 Å². The van der Waals surface area contributed by atoms with E-state index in [0.717, 1.165) is 78.9 Å². The van der Waals surface area contributed by atoms with Crippen LogP contribution in [0.15, 0.2) is 53.0 Å². The molecule has 1 fully saturated rings. The van der Waals surface area contributed by atoms with Gasteiger partial charge in [0.1, 0.15) is 5.82 Å². The van der Waals surface area contributed by atoms with E-state index < -0.39 is 0 Å². The summed E-state index contributed by atoms with van der Waals surface area (Å²) < 4.78 is 3.31. The van der Waals surface area contributed by atoms with E-state index in [-0.39, 0.29) is 5.92 Å². The third-order valence-corrected chi connectivity index (χ3v) is 6.69. The van der Waals surface area contributed by atoms with Crippen molar-refractivity contribution in [2.45, 2.75) is 39.2 Å². The number of nitrogens with zero attached hydrogens (tertiary/aromatic N) is 4. The zero-order valence-corrected chi connectivity index (χ0v) is 20.0. The maximum atomic E-state index is 12.9. The van der Waals surface area contributed by atoms with Crippen LogP contribution in [0, 0.1) is 5.92 Å². The Morgan fingerprint density at radius 2 is 1.97 bits per heavy atom. The summed E-state index contributed by atoms with van der Waals surface area (Å²) in [6.07, 6.45) is 4.21. The minimum atomic E-state index is 0.0844. The molecule has 0 saturated carbocycles. The van der Waals surface area contributed by atoms with Gasteiger partial charge in [0, 0.05) is 30.3 Å². The van der Waals surface area contributed by atoms with Crippen molar-refractivity contribution in [2.24, 2.45) is 5.92 Å². The van der Waals surface area contributed by atoms with Crippen molar-refractivity contribution in [2.75, 3.05) is 26.7 Å². The third-order valence-electron chi connectivity index (χ3n) is 6.16. The number of fused-ring (bicyclic) bond motifs is 1. The Morgan fingerprint density at radius 3 is 2.74 bits per heavy atom. The summed E-state index contributed by atoms with van der Waals surface area (Å²) in [5.74, 6) is 1.40. The molecule has 6 heteroatoms. The molecule has 0 radical (unpaired) electrons. The quantitative estimate of drug-likeness (QED) is 0.461. The lowest BCUT2D eigenvalue weighted by molar-refractivity contribution is -0.136. The molecule has 2 aromatic carbocycles. The monoisotopic (exact) mass is 482 g/mol. The summed E-state index contributed by atoms with van der Waals surface area (Å²) in [5.41, 5.74) is 3.23. The number of hydrogen-bond donors (Lipinski definition) is 0. The van der Waals surface area contributed by atoms with Gasteiger partial charge < -0.3 is 4.90 Å². The Kier molecular flexibility index (Phi) is 7.08. The van der Waals surface area contributed by atoms with Crippen LogP contribution < -0.4 is 0 Å². The fourth-order valence-corrected chi connectivity index (χ4v) is 4.74. The lowest BCUT2D eigenvalue weighted by Gasteiger charge is -2.33. The average molecular weight is 483 g/mol. The summed E-state index contributed by atoms with van der Waals surface area (Å²) in [7, 11) is 1.95. The summed E-state index contributed by atoms with van der Waals surface area (Å²) >= 11 is 3.53. The van der Waals surface area contributed by atoms with Gasteiger partial charge in [-0.15, -0.1) is 0 Å². The lowest BCUT2D eigenvalue weighted by Crippen LogP contribution is -2.43. The molecule has 4 rings (SSSR count). The number of likely N-dealkylation sites (tertiary alicyclic amines) is 1. The Bertz CT molecular complexity index is 1030. The number of amides is 1. The van der Waals surface area contributed by atoms with Crippen molar-refractivity contribution in [3.63, 3.8) is 0 Å². The Labute approximate surface area is 193 Å². The summed E-state index contributed by atoms with van der Waals surface area (Å²) in [6, 6.07) is 16.7. The predicted octanol–water partition coefficient (Wildman–Crippen LogP) is 5.26. The fourth-order valence-electron chi connectivity index (χ4n) is 4.48. The smallest absolute Gasteiger partial charge is 0.226 e. The second kappa shape index (κ2) is 9.96. The molecule has 1 aliphatic heterocycles. The van der Waals surface area contributed by atoms with Crippen LogP contribution in [-0.4, -0.2) is 51.9 Å². The van der Waals surface area contributed by atoms with Gasteiger partial charge in [0.2, 0.25) is 5.91 Å². The van der Waals surface area contributed by atoms with Crippen LogP contribution in [0.1, 0.15) is 38.4 Å². The fraction of sp³-hybridized carbons (Fsp3) is 0.440. The Balaban J connectivity index is 1.56. The zero-order valence-electron chi connectivity index (χ0n) is 18.4. The first kappa shape index (κ1) is 22.0. The van der Waals surface area contributed by atoms with Gasteiger partial charge in [0.05, 0.1) is 23.5 Å². The van der Waals surface area contributed by atoms with Gasteiger partial charge in [-0.2, -0.15) is 0 Å². The second-order valence-corrected chi connectivity index (χ2v) is 9.43. The van der Waals surface area contributed by atoms with E-state index in [9.17, 15) is 4.79 Å². The van der Waals surface area contributed by atoms with Crippen molar-refractivity contribution in [3.8, 4) is 5.69 Å². The number of carbonyl (C=O) groups is 1. The molecule has 0 N–H and O–H groups in total. The molecule has 3 aromatic rings. The van der Waals surface area contributed by atoms with Crippen molar-refractivity contribution < 1.29 is 4.79 Å². The number of benzene rings is 2. The summed E-state index contributed by atoms with van der Waals surface area (Å²) in [6.45, 7) is 5.57. The first-order valence-corrected chi connectivity index (χ1v) is 12.1. The zero-order chi connectivity index (χ0) is 21.8. The topological polar surface area (TPSA) is 41.4 Å². The minimum Gasteiger partial charge on any atom is -0.345 e. The number of imidazole rings is 1. The number of hydrogen-bond acceptors (Lipinski definition) is 3. The first-order chi connectivity index (χ1) is 15.1. The van der Waals surface area contributed by atoms with E-state index in [4.69, 9.17) is 4.98 Å². The van der Waals surface area contributed by atoms with Crippen molar-refractivity contribution in [1.29, 1.82) is 0 Å². The summed E-state index contributed by atoms with van der Waals surface area (Å²) in [5, 5.41) is 0. The Morgan fingerprint density at radius 1 is 1.19 bits per heavy atom. The molecule has 2 heterocycles. The van der Waals surface area contributed by atoms with Gasteiger partial charge >= 0.3 is 0 Å². The SMILES string of the molecule is CCCCN(C)C(=O)[C@@H]1CCCN(Cc2nc3ccccc3n2-c2ccc(Br)cc2)C1. The van der Waals surface area contributed by atoms with E-state index in [2.05, 4.69) is 74.8 Å². The molecule has 1 saturated heterocycles. The van der Waals surface area contributed by atoms with Crippen LogP contribution in [0.25, 0.3) is 16.7 Å². The highest BCUT2D eigenvalue weighted by Gasteiger charge is 2.28. The molecule has 0 aliphatic carbocycles. The molecule has 1 aromatic heterocycles. The average Bonchev–Trinajstić information content (AvgIpc) is 3.15. The van der Waals surface area contributed by atoms with Crippen LogP contribution in [0.5, 0.6) is 0 Å². The van der Waals surface area contributed by atoms with Gasteiger partial charge in [-0.3, -0.25) is 14.3 Å². The van der Waals surface area contributed by atoms with Crippen molar-refractivity contribution >= 4 is 32.9 Å². The van der Waals surface area contributed by atoms with E-state index in [0.29, 0.717) is 5.91 Å². The molecule has 31 heavy (non-hydrogen) atoms. The van der Waals surface area contributed by atoms with Crippen LogP contribution in [0.4, 0.5) is 0 Å². The maximum Gasteiger partial charge on any atom is 0.226 e. The van der Waals surface area contributed by atoms with Gasteiger partial charge in [-0.05, 0) is 62.2 Å². The first-order valence-electron chi connectivity index (χ1n) is 11.3. The Hall–Kier alpha value is -2.18. The molecule has 1 amide bonds. The van der Waals surface area contributed by atoms with E-state index in [1.165, 1.54) is 0 Å². The van der Waals surface area contributed by atoms with E-state index in [1.807, 2.05) is 18.0 Å². The number of carbonyl (C=O) groups excluding carboxylic acids is 1. The van der Waals surface area contributed by atoms with Crippen LogP contribution >= 0.6 is 15.9 Å². The number of halogens is 1. The maximum absolute atomic E-state index is 12.9. The number of rotatable bonds is 7. The molecular formula is C25H31BrN4O. The minimum absolute atomic E-state index is 0.0844. The molecule has 1 atom stereocenters. The number of unbranched alkanes of at least 4 members (excludes halogenated alkanes) is 1. The molecule has 1 aliphatic rings. The highest BCUT2D eigenvalue weighted by molar-refractivity contribution is 9.10. The van der Waals surface area contributed by atoms with Crippen LogP contribution in [0.3, 0.4) is 0 Å². The second-order valence-electron chi connectivity index (χ2n) is 8.52. The molecular weight excluding hydrogens is 452 g/mol. The standard InChI is InChI=1S/C25H31BrN4O/c1-3-4-15-28(2)25(31)19-8-7-16-29(17-19)18-24-27-22-9-5-6-10-23(22)30(24)21-13-11-20(26)12-14-21/h5-6,9-14,19H,3-4,7-8,15-18H2,1-2H3/t19-/m1/s1. The summed E-state index contributed by atoms with van der Waals surface area (Å²) in [4.78, 5) is 22.2. The number of piperidine rings is 1. The van der Waals surface area contributed by atoms with Crippen LogP contribution in [0.2, 0.25) is 0 Å². The third kappa shape index (κ3) is 5.01. The molecule has 0 unspecified atom stereocenters. The molecule has 164 valence electrons. The number of aromatic nitrogens is 2. The van der Waals surface area contributed by atoms with E-state index in [1.54, 1.807) is 0 Å². The normalized spacial score (nSPS) is 17.2. The predicted molar refractivity (Wildman–Crippen MR) is 129 cm³/mol. The van der Waals surface area contributed by atoms with Gasteiger partial charge in [-0.25, -0.2) is 4.98 Å². The highest BCUT2D eigenvalue weighted by atomic mass is 79.9. The highest BCUT2D eigenvalue weighted by Crippen LogP contribution is 2.26. The van der Waals surface area contributed by atoms with Gasteiger partial charge in [0.15, 0.2) is 0 Å². The molecule has 5 nitrogen and oxygen atoms in total. The number of para-hydroxylation sites is 2.